The van der Waals surface area contributed by atoms with Crippen molar-refractivity contribution >= 4 is 15.8 Å². The Kier molecular flexibility index (Phi) is 8.65. The third kappa shape index (κ3) is 7.73. The number of halogens is 1. The van der Waals surface area contributed by atoms with Crippen molar-refractivity contribution in [3.05, 3.63) is 35.6 Å². The second-order valence-corrected chi connectivity index (χ2v) is 9.40. The minimum Gasteiger partial charge on any atom is -0.379 e. The van der Waals surface area contributed by atoms with E-state index < -0.39 is 9.84 Å². The van der Waals surface area contributed by atoms with E-state index >= 15 is 0 Å². The van der Waals surface area contributed by atoms with Gasteiger partial charge in [-0.05, 0) is 31.0 Å². The van der Waals surface area contributed by atoms with Crippen molar-refractivity contribution in [3.8, 4) is 0 Å². The molecule has 0 amide bonds. The van der Waals surface area contributed by atoms with Crippen molar-refractivity contribution in [1.29, 1.82) is 0 Å². The molecule has 0 spiro atoms. The average Bonchev–Trinajstić information content (AvgIpc) is 2.66. The van der Waals surface area contributed by atoms with Crippen LogP contribution in [-0.4, -0.2) is 77.2 Å². The normalized spacial score (nSPS) is 18.5. The molecule has 7 nitrogen and oxygen atoms in total. The Bertz CT molecular complexity index is 751. The SMILES string of the molecule is CN=C(NCC(c1cccc(F)c1)N1CCOCC1)NC(C)CCS(C)(=O)=O. The van der Waals surface area contributed by atoms with Crippen LogP contribution in [0.2, 0.25) is 0 Å². The Balaban J connectivity index is 2.00. The maximum atomic E-state index is 13.8. The zero-order chi connectivity index (χ0) is 20.6. The summed E-state index contributed by atoms with van der Waals surface area (Å²) in [5.41, 5.74) is 0.898. The topological polar surface area (TPSA) is 83.0 Å². The van der Waals surface area contributed by atoms with Crippen LogP contribution in [0.5, 0.6) is 0 Å². The minimum atomic E-state index is -3.00. The van der Waals surface area contributed by atoms with Gasteiger partial charge in [0.05, 0.1) is 25.0 Å². The summed E-state index contributed by atoms with van der Waals surface area (Å²) in [5.74, 6) is 0.459. The second kappa shape index (κ2) is 10.7. The van der Waals surface area contributed by atoms with Gasteiger partial charge in [-0.3, -0.25) is 9.89 Å². The predicted molar refractivity (Wildman–Crippen MR) is 110 cm³/mol. The maximum Gasteiger partial charge on any atom is 0.191 e. The largest absolute Gasteiger partial charge is 0.379 e. The van der Waals surface area contributed by atoms with Gasteiger partial charge in [0.25, 0.3) is 0 Å². The molecule has 0 radical (unpaired) electrons. The van der Waals surface area contributed by atoms with Crippen LogP contribution in [0.1, 0.15) is 24.9 Å². The summed E-state index contributed by atoms with van der Waals surface area (Å²) in [5, 5.41) is 6.51. The van der Waals surface area contributed by atoms with Crippen LogP contribution in [0.4, 0.5) is 4.39 Å². The fraction of sp³-hybridized carbons (Fsp3) is 0.632. The molecule has 1 fully saturated rings. The number of guanidine groups is 1. The molecule has 2 rings (SSSR count). The molecule has 1 saturated heterocycles. The lowest BCUT2D eigenvalue weighted by molar-refractivity contribution is 0.0169. The average molecular weight is 415 g/mol. The summed E-state index contributed by atoms with van der Waals surface area (Å²) >= 11 is 0. The lowest BCUT2D eigenvalue weighted by Crippen LogP contribution is -2.48. The number of sulfone groups is 1. The van der Waals surface area contributed by atoms with Gasteiger partial charge in [-0.15, -0.1) is 0 Å². The molecule has 1 heterocycles. The van der Waals surface area contributed by atoms with E-state index in [1.165, 1.54) is 12.3 Å². The summed E-state index contributed by atoms with van der Waals surface area (Å²) < 4.78 is 41.9. The lowest BCUT2D eigenvalue weighted by atomic mass is 10.0. The number of aliphatic imine (C=N–C) groups is 1. The van der Waals surface area contributed by atoms with Crippen LogP contribution < -0.4 is 10.6 Å². The fourth-order valence-corrected chi connectivity index (χ4v) is 3.93. The van der Waals surface area contributed by atoms with Crippen LogP contribution in [0.15, 0.2) is 29.3 Å². The van der Waals surface area contributed by atoms with E-state index in [2.05, 4.69) is 20.5 Å². The highest BCUT2D eigenvalue weighted by Gasteiger charge is 2.23. The van der Waals surface area contributed by atoms with E-state index in [1.807, 2.05) is 13.0 Å². The molecular weight excluding hydrogens is 383 g/mol. The molecule has 2 atom stereocenters. The molecule has 0 aliphatic carbocycles. The van der Waals surface area contributed by atoms with Gasteiger partial charge in [-0.1, -0.05) is 12.1 Å². The number of ether oxygens (including phenoxy) is 1. The highest BCUT2D eigenvalue weighted by molar-refractivity contribution is 7.90. The highest BCUT2D eigenvalue weighted by atomic mass is 32.2. The summed E-state index contributed by atoms with van der Waals surface area (Å²) in [4.78, 5) is 6.50. The number of morpholine rings is 1. The van der Waals surface area contributed by atoms with Crippen molar-refractivity contribution in [2.75, 3.05) is 51.9 Å². The van der Waals surface area contributed by atoms with Gasteiger partial charge in [0.15, 0.2) is 5.96 Å². The first-order valence-electron chi connectivity index (χ1n) is 9.50. The van der Waals surface area contributed by atoms with E-state index in [9.17, 15) is 12.8 Å². The Hall–Kier alpha value is -1.71. The summed E-state index contributed by atoms with van der Waals surface area (Å²) in [6.07, 6.45) is 1.73. The van der Waals surface area contributed by atoms with Crippen molar-refractivity contribution in [2.45, 2.75) is 25.4 Å². The molecular formula is C19H31FN4O3S. The molecule has 2 N–H and O–H groups in total. The molecule has 0 saturated carbocycles. The van der Waals surface area contributed by atoms with Crippen LogP contribution in [0.25, 0.3) is 0 Å². The number of rotatable bonds is 8. The van der Waals surface area contributed by atoms with Gasteiger partial charge in [-0.2, -0.15) is 0 Å². The minimum absolute atomic E-state index is 0.0236. The monoisotopic (exact) mass is 414 g/mol. The first-order valence-corrected chi connectivity index (χ1v) is 11.6. The predicted octanol–water partition coefficient (Wildman–Crippen LogP) is 1.19. The van der Waals surface area contributed by atoms with Crippen LogP contribution >= 0.6 is 0 Å². The number of hydrogen-bond donors (Lipinski definition) is 2. The first-order chi connectivity index (χ1) is 13.3. The van der Waals surface area contributed by atoms with E-state index in [1.54, 1.807) is 19.2 Å². The molecule has 158 valence electrons. The first kappa shape index (κ1) is 22.6. The smallest absolute Gasteiger partial charge is 0.191 e. The van der Waals surface area contributed by atoms with Crippen LogP contribution in [-0.2, 0) is 14.6 Å². The van der Waals surface area contributed by atoms with Gasteiger partial charge in [0.1, 0.15) is 15.7 Å². The van der Waals surface area contributed by atoms with Crippen molar-refractivity contribution in [3.63, 3.8) is 0 Å². The summed E-state index contributed by atoms with van der Waals surface area (Å²) in [7, 11) is -1.33. The van der Waals surface area contributed by atoms with Gasteiger partial charge < -0.3 is 15.4 Å². The molecule has 1 aromatic carbocycles. The van der Waals surface area contributed by atoms with Crippen LogP contribution in [0.3, 0.4) is 0 Å². The van der Waals surface area contributed by atoms with Gasteiger partial charge in [0, 0.05) is 39.0 Å². The zero-order valence-corrected chi connectivity index (χ0v) is 17.6. The maximum absolute atomic E-state index is 13.8. The fourth-order valence-electron chi connectivity index (χ4n) is 3.15. The van der Waals surface area contributed by atoms with E-state index in [0.717, 1.165) is 18.7 Å². The summed E-state index contributed by atoms with van der Waals surface area (Å²) in [6, 6.07) is 6.58. The molecule has 0 bridgehead atoms. The number of nitrogens with zero attached hydrogens (tertiary/aromatic N) is 2. The Morgan fingerprint density at radius 2 is 2.07 bits per heavy atom. The highest BCUT2D eigenvalue weighted by Crippen LogP contribution is 2.22. The second-order valence-electron chi connectivity index (χ2n) is 7.14. The molecule has 0 aromatic heterocycles. The van der Waals surface area contributed by atoms with Crippen LogP contribution in [0, 0.1) is 5.82 Å². The quantitative estimate of drug-likeness (QED) is 0.491. The van der Waals surface area contributed by atoms with Gasteiger partial charge >= 0.3 is 0 Å². The summed E-state index contributed by atoms with van der Waals surface area (Å²) in [6.45, 7) is 5.33. The molecule has 1 aliphatic rings. The van der Waals surface area contributed by atoms with E-state index in [4.69, 9.17) is 4.74 Å². The lowest BCUT2D eigenvalue weighted by Gasteiger charge is -2.35. The Morgan fingerprint density at radius 3 is 2.68 bits per heavy atom. The van der Waals surface area contributed by atoms with Gasteiger partial charge in [-0.25, -0.2) is 12.8 Å². The van der Waals surface area contributed by atoms with E-state index in [-0.39, 0.29) is 23.7 Å². The van der Waals surface area contributed by atoms with Gasteiger partial charge in [0.2, 0.25) is 0 Å². The zero-order valence-electron chi connectivity index (χ0n) is 16.8. The molecule has 9 heteroatoms. The Morgan fingerprint density at radius 1 is 1.36 bits per heavy atom. The number of benzene rings is 1. The standard InChI is InChI=1S/C19H31FN4O3S/c1-15(7-12-28(3,25)26)23-19(21-2)22-14-18(24-8-10-27-11-9-24)16-5-4-6-17(20)13-16/h4-6,13,15,18H,7-12,14H2,1-3H3,(H2,21,22,23). The molecule has 1 aliphatic heterocycles. The Labute approximate surface area is 167 Å². The number of hydrogen-bond acceptors (Lipinski definition) is 5. The third-order valence-corrected chi connectivity index (χ3v) is 5.69. The molecule has 28 heavy (non-hydrogen) atoms. The van der Waals surface area contributed by atoms with E-state index in [0.29, 0.717) is 32.1 Å². The third-order valence-electron chi connectivity index (χ3n) is 4.71. The molecule has 1 aromatic rings. The van der Waals surface area contributed by atoms with Crippen molar-refractivity contribution < 1.29 is 17.5 Å². The molecule has 2 unspecified atom stereocenters. The van der Waals surface area contributed by atoms with Crippen molar-refractivity contribution in [2.24, 2.45) is 4.99 Å². The van der Waals surface area contributed by atoms with Crippen molar-refractivity contribution in [1.82, 2.24) is 15.5 Å². The number of nitrogens with one attached hydrogen (secondary N) is 2.